The third-order valence-corrected chi connectivity index (χ3v) is 7.48. The molecule has 4 fully saturated rings. The Morgan fingerprint density at radius 1 is 1.07 bits per heavy atom. The van der Waals surface area contributed by atoms with Crippen molar-refractivity contribution in [3.05, 3.63) is 47.1 Å². The van der Waals surface area contributed by atoms with Crippen molar-refractivity contribution < 1.29 is 14.3 Å². The van der Waals surface area contributed by atoms with Gasteiger partial charge in [0.05, 0.1) is 18.7 Å². The highest BCUT2D eigenvalue weighted by Crippen LogP contribution is 2.56. The topological polar surface area (TPSA) is 73.2 Å². The van der Waals surface area contributed by atoms with Crippen LogP contribution in [0.3, 0.4) is 0 Å². The molecule has 4 bridgehead atoms. The Kier molecular flexibility index (Phi) is 5.27. The first kappa shape index (κ1) is 19.6. The summed E-state index contributed by atoms with van der Waals surface area (Å²) < 4.78 is 7.12. The fraction of sp³-hybridized carbons (Fsp3) is 0.522. The van der Waals surface area contributed by atoms with Crippen molar-refractivity contribution >= 4 is 29.3 Å². The number of hydrogen-bond acceptors (Lipinski definition) is 4. The molecule has 6 rings (SSSR count). The van der Waals surface area contributed by atoms with E-state index in [1.165, 1.54) is 6.42 Å². The first-order chi connectivity index (χ1) is 14.6. The molecule has 1 aromatic heterocycles. The van der Waals surface area contributed by atoms with Crippen LogP contribution in [-0.2, 0) is 20.9 Å². The molecule has 0 unspecified atom stereocenters. The minimum atomic E-state index is -0.354. The van der Waals surface area contributed by atoms with Crippen LogP contribution in [0, 0.1) is 29.6 Å². The number of nitrogens with one attached hydrogen (secondary N) is 1. The zero-order valence-electron chi connectivity index (χ0n) is 16.8. The summed E-state index contributed by atoms with van der Waals surface area (Å²) in [5.41, 5.74) is 0.909. The van der Waals surface area contributed by atoms with Gasteiger partial charge in [-0.15, -0.1) is 0 Å². The van der Waals surface area contributed by atoms with Gasteiger partial charge in [-0.3, -0.25) is 9.59 Å². The molecule has 158 valence electrons. The lowest BCUT2D eigenvalue weighted by Gasteiger charge is -2.53. The van der Waals surface area contributed by atoms with Gasteiger partial charge in [-0.2, -0.15) is 5.10 Å². The molecule has 2 aromatic rings. The first-order valence-corrected chi connectivity index (χ1v) is 11.2. The maximum absolute atomic E-state index is 12.8. The van der Waals surface area contributed by atoms with Gasteiger partial charge >= 0.3 is 5.97 Å². The SMILES string of the molecule is O=C(COC(=O)C1C2CC3CC(C2)CC1C3)Nc1ccnn1Cc1ccccc1Cl. The van der Waals surface area contributed by atoms with Gasteiger partial charge in [-0.05, 0) is 67.4 Å². The van der Waals surface area contributed by atoms with Crippen LogP contribution in [0.1, 0.15) is 37.7 Å². The van der Waals surface area contributed by atoms with Crippen LogP contribution in [0.25, 0.3) is 0 Å². The van der Waals surface area contributed by atoms with E-state index in [0.717, 1.165) is 43.1 Å². The normalized spacial score (nSPS) is 29.0. The molecular formula is C23H26ClN3O3. The highest BCUT2D eigenvalue weighted by molar-refractivity contribution is 6.31. The summed E-state index contributed by atoms with van der Waals surface area (Å²) in [6, 6.07) is 9.24. The zero-order chi connectivity index (χ0) is 20.7. The van der Waals surface area contributed by atoms with Crippen molar-refractivity contribution in [3.8, 4) is 0 Å². The molecular weight excluding hydrogens is 402 g/mol. The number of hydrogen-bond donors (Lipinski definition) is 1. The number of benzene rings is 1. The molecule has 4 saturated carbocycles. The van der Waals surface area contributed by atoms with Crippen molar-refractivity contribution in [3.63, 3.8) is 0 Å². The lowest BCUT2D eigenvalue weighted by molar-refractivity contribution is -0.164. The minimum Gasteiger partial charge on any atom is -0.455 e. The molecule has 4 aliphatic carbocycles. The van der Waals surface area contributed by atoms with E-state index in [9.17, 15) is 9.59 Å². The smallest absolute Gasteiger partial charge is 0.310 e. The second kappa shape index (κ2) is 8.06. The summed E-state index contributed by atoms with van der Waals surface area (Å²) in [6.45, 7) is 0.175. The summed E-state index contributed by atoms with van der Waals surface area (Å²) in [5, 5.41) is 7.70. The molecule has 0 atom stereocenters. The molecule has 0 aliphatic heterocycles. The molecule has 0 radical (unpaired) electrons. The average Bonchev–Trinajstić information content (AvgIpc) is 3.14. The third-order valence-electron chi connectivity index (χ3n) is 7.11. The lowest BCUT2D eigenvalue weighted by Crippen LogP contribution is -2.48. The van der Waals surface area contributed by atoms with E-state index in [4.69, 9.17) is 16.3 Å². The maximum Gasteiger partial charge on any atom is 0.310 e. The maximum atomic E-state index is 12.8. The van der Waals surface area contributed by atoms with Crippen LogP contribution in [0.4, 0.5) is 5.82 Å². The van der Waals surface area contributed by atoms with Crippen LogP contribution in [0.2, 0.25) is 5.02 Å². The quantitative estimate of drug-likeness (QED) is 0.703. The highest BCUT2D eigenvalue weighted by atomic mass is 35.5. The van der Waals surface area contributed by atoms with E-state index in [-0.39, 0.29) is 24.4 Å². The number of amides is 1. The van der Waals surface area contributed by atoms with E-state index in [1.54, 1.807) is 16.9 Å². The van der Waals surface area contributed by atoms with E-state index >= 15 is 0 Å². The fourth-order valence-corrected chi connectivity index (χ4v) is 6.27. The van der Waals surface area contributed by atoms with Crippen molar-refractivity contribution in [1.29, 1.82) is 0 Å². The number of halogens is 1. The van der Waals surface area contributed by atoms with Gasteiger partial charge in [0.2, 0.25) is 0 Å². The van der Waals surface area contributed by atoms with Crippen LogP contribution >= 0.6 is 11.6 Å². The second-order valence-electron chi connectivity index (χ2n) is 9.08. The van der Waals surface area contributed by atoms with Gasteiger partial charge in [-0.1, -0.05) is 29.8 Å². The molecule has 1 N–H and O–H groups in total. The number of aromatic nitrogens is 2. The summed E-state index contributed by atoms with van der Waals surface area (Å²) in [5.74, 6) is 2.50. The number of carbonyl (C=O) groups excluding carboxylic acids is 2. The summed E-state index contributed by atoms with van der Waals surface area (Å²) in [4.78, 5) is 25.2. The molecule has 0 saturated heterocycles. The summed E-state index contributed by atoms with van der Waals surface area (Å²) in [7, 11) is 0. The number of anilines is 1. The fourth-order valence-electron chi connectivity index (χ4n) is 6.07. The van der Waals surface area contributed by atoms with Crippen molar-refractivity contribution in [2.24, 2.45) is 29.6 Å². The van der Waals surface area contributed by atoms with Gasteiger partial charge in [0.15, 0.2) is 6.61 Å². The lowest BCUT2D eigenvalue weighted by atomic mass is 9.52. The van der Waals surface area contributed by atoms with Crippen LogP contribution in [-0.4, -0.2) is 28.3 Å². The molecule has 0 spiro atoms. The number of ether oxygens (including phenoxy) is 1. The molecule has 6 nitrogen and oxygen atoms in total. The monoisotopic (exact) mass is 427 g/mol. The Bertz CT molecular complexity index is 929. The van der Waals surface area contributed by atoms with Crippen molar-refractivity contribution in [2.75, 3.05) is 11.9 Å². The first-order valence-electron chi connectivity index (χ1n) is 10.8. The standard InChI is InChI=1S/C23H26ClN3O3/c24-19-4-2-1-3-16(19)12-27-20(5-6-25-27)26-21(28)13-30-23(29)22-17-8-14-7-15(10-17)11-18(22)9-14/h1-6,14-15,17-18,22H,7-13H2,(H,26,28). The van der Waals surface area contributed by atoms with Crippen molar-refractivity contribution in [1.82, 2.24) is 9.78 Å². The van der Waals surface area contributed by atoms with Gasteiger partial charge in [0.1, 0.15) is 5.82 Å². The molecule has 7 heteroatoms. The van der Waals surface area contributed by atoms with Crippen LogP contribution in [0.15, 0.2) is 36.5 Å². The molecule has 1 amide bonds. The Balaban J connectivity index is 1.16. The average molecular weight is 428 g/mol. The summed E-state index contributed by atoms with van der Waals surface area (Å²) in [6.07, 6.45) is 7.58. The van der Waals surface area contributed by atoms with Crippen LogP contribution < -0.4 is 5.32 Å². The Morgan fingerprint density at radius 3 is 2.47 bits per heavy atom. The Hall–Kier alpha value is -2.34. The highest BCUT2D eigenvalue weighted by Gasteiger charge is 2.51. The molecule has 1 aromatic carbocycles. The number of nitrogens with zero attached hydrogens (tertiary/aromatic N) is 2. The van der Waals surface area contributed by atoms with E-state index in [0.29, 0.717) is 29.2 Å². The zero-order valence-corrected chi connectivity index (χ0v) is 17.6. The third kappa shape index (κ3) is 3.85. The van der Waals surface area contributed by atoms with Crippen LogP contribution in [0.5, 0.6) is 0 Å². The number of esters is 1. The Labute approximate surface area is 180 Å². The van der Waals surface area contributed by atoms with E-state index < -0.39 is 0 Å². The largest absolute Gasteiger partial charge is 0.455 e. The predicted octanol–water partition coefficient (Wildman–Crippen LogP) is 4.14. The molecule has 30 heavy (non-hydrogen) atoms. The molecule has 4 aliphatic rings. The molecule has 1 heterocycles. The predicted molar refractivity (Wildman–Crippen MR) is 113 cm³/mol. The Morgan fingerprint density at radius 2 is 1.77 bits per heavy atom. The second-order valence-corrected chi connectivity index (χ2v) is 9.49. The minimum absolute atomic E-state index is 0.0173. The van der Waals surface area contributed by atoms with E-state index in [2.05, 4.69) is 10.4 Å². The van der Waals surface area contributed by atoms with Gasteiger partial charge < -0.3 is 10.1 Å². The van der Waals surface area contributed by atoms with Gasteiger partial charge in [0.25, 0.3) is 5.91 Å². The number of rotatable bonds is 6. The van der Waals surface area contributed by atoms with E-state index in [1.807, 2.05) is 24.3 Å². The summed E-state index contributed by atoms with van der Waals surface area (Å²) >= 11 is 6.22. The van der Waals surface area contributed by atoms with Crippen molar-refractivity contribution in [2.45, 2.75) is 38.6 Å². The number of carbonyl (C=O) groups is 2. The van der Waals surface area contributed by atoms with Gasteiger partial charge in [-0.25, -0.2) is 4.68 Å². The van der Waals surface area contributed by atoms with Gasteiger partial charge in [0, 0.05) is 11.1 Å².